The third-order valence-corrected chi connectivity index (χ3v) is 7.49. The minimum atomic E-state index is -0.571. The molecular weight excluding hydrogens is 342 g/mol. The molecule has 2 aliphatic heterocycles. The molecule has 5 rings (SSSR count). The third kappa shape index (κ3) is 2.34. The van der Waals surface area contributed by atoms with Gasteiger partial charge in [0.05, 0.1) is 6.61 Å². The van der Waals surface area contributed by atoms with Crippen LogP contribution in [0.2, 0.25) is 0 Å². The first kappa shape index (κ1) is 17.5. The molecule has 0 aromatic heterocycles. The summed E-state index contributed by atoms with van der Waals surface area (Å²) in [6.45, 7) is 3.34. The smallest absolute Gasteiger partial charge is 0.161 e. The van der Waals surface area contributed by atoms with Crippen molar-refractivity contribution in [3.63, 3.8) is 0 Å². The van der Waals surface area contributed by atoms with Crippen molar-refractivity contribution in [2.24, 2.45) is 11.3 Å². The number of rotatable bonds is 5. The SMILES string of the molecule is CCC(=O)CCOC1=C2O[C@H]3[C@@H](O)C=C[C@H]4[C@H]5CC(=C2[C@]43CCN5C)CC1. The van der Waals surface area contributed by atoms with Gasteiger partial charge in [0.25, 0.3) is 0 Å². The predicted molar refractivity (Wildman–Crippen MR) is 101 cm³/mol. The maximum absolute atomic E-state index is 11.6. The largest absolute Gasteiger partial charge is 0.494 e. The van der Waals surface area contributed by atoms with E-state index < -0.39 is 6.10 Å². The summed E-state index contributed by atoms with van der Waals surface area (Å²) in [6, 6.07) is 0.497. The Morgan fingerprint density at radius 3 is 3.07 bits per heavy atom. The molecule has 5 atom stereocenters. The van der Waals surface area contributed by atoms with Crippen LogP contribution in [0.1, 0.15) is 45.4 Å². The molecule has 0 aromatic carbocycles. The number of ketones is 1. The molecule has 0 unspecified atom stereocenters. The van der Waals surface area contributed by atoms with E-state index in [-0.39, 0.29) is 17.3 Å². The molecule has 2 saturated heterocycles. The Morgan fingerprint density at radius 1 is 1.41 bits per heavy atom. The number of aliphatic hydroxyl groups is 1. The maximum Gasteiger partial charge on any atom is 0.161 e. The van der Waals surface area contributed by atoms with Gasteiger partial charge in [-0.2, -0.15) is 0 Å². The number of Topliss-reactive ketones (excluding diaryl/α,β-unsaturated/α-hetero) is 1. The number of aliphatic hydroxyl groups excluding tert-OH is 1. The summed E-state index contributed by atoms with van der Waals surface area (Å²) in [5, 5.41) is 10.7. The van der Waals surface area contributed by atoms with Crippen molar-refractivity contribution in [1.29, 1.82) is 0 Å². The molecule has 5 aliphatic rings. The van der Waals surface area contributed by atoms with Crippen LogP contribution in [-0.4, -0.2) is 54.2 Å². The van der Waals surface area contributed by atoms with E-state index in [9.17, 15) is 9.90 Å². The van der Waals surface area contributed by atoms with Gasteiger partial charge in [0.2, 0.25) is 0 Å². The number of hydrogen-bond donors (Lipinski definition) is 1. The zero-order chi connectivity index (χ0) is 18.8. The molecule has 5 heteroatoms. The summed E-state index contributed by atoms with van der Waals surface area (Å²) in [4.78, 5) is 14.1. The lowest BCUT2D eigenvalue weighted by Crippen LogP contribution is -2.61. The molecule has 5 nitrogen and oxygen atoms in total. The first-order valence-electron chi connectivity index (χ1n) is 10.4. The normalized spacial score (nSPS) is 39.4. The van der Waals surface area contributed by atoms with E-state index in [1.54, 1.807) is 0 Å². The van der Waals surface area contributed by atoms with Crippen LogP contribution >= 0.6 is 0 Å². The molecule has 0 radical (unpaired) electrons. The molecule has 2 heterocycles. The second-order valence-electron chi connectivity index (χ2n) is 8.70. The highest BCUT2D eigenvalue weighted by molar-refractivity contribution is 5.78. The van der Waals surface area contributed by atoms with E-state index in [0.717, 1.165) is 43.7 Å². The highest BCUT2D eigenvalue weighted by Gasteiger charge is 2.65. The van der Waals surface area contributed by atoms with Crippen molar-refractivity contribution in [2.45, 2.75) is 63.7 Å². The predicted octanol–water partition coefficient (Wildman–Crippen LogP) is 2.71. The Hall–Kier alpha value is -1.59. The number of carbonyl (C=O) groups excluding carboxylic acids is 1. The molecule has 2 fully saturated rings. The van der Waals surface area contributed by atoms with E-state index in [0.29, 0.717) is 31.4 Å². The van der Waals surface area contributed by atoms with Crippen molar-refractivity contribution in [3.8, 4) is 0 Å². The van der Waals surface area contributed by atoms with Gasteiger partial charge in [0.15, 0.2) is 5.76 Å². The van der Waals surface area contributed by atoms with Gasteiger partial charge in [-0.05, 0) is 32.9 Å². The summed E-state index contributed by atoms with van der Waals surface area (Å²) in [7, 11) is 2.23. The van der Waals surface area contributed by atoms with Crippen LogP contribution in [0.4, 0.5) is 0 Å². The summed E-state index contributed by atoms with van der Waals surface area (Å²) < 4.78 is 12.5. The Balaban J connectivity index is 1.54. The van der Waals surface area contributed by atoms with E-state index in [2.05, 4.69) is 18.0 Å². The van der Waals surface area contributed by atoms with Gasteiger partial charge in [-0.1, -0.05) is 24.6 Å². The van der Waals surface area contributed by atoms with Gasteiger partial charge in [-0.25, -0.2) is 0 Å². The zero-order valence-electron chi connectivity index (χ0n) is 16.2. The monoisotopic (exact) mass is 371 g/mol. The first-order chi connectivity index (χ1) is 13.1. The van der Waals surface area contributed by atoms with Gasteiger partial charge in [-0.3, -0.25) is 4.79 Å². The number of nitrogens with zero attached hydrogens (tertiary/aromatic N) is 1. The fraction of sp³-hybridized carbons (Fsp3) is 0.682. The van der Waals surface area contributed by atoms with Crippen LogP contribution in [0, 0.1) is 11.3 Å². The lowest BCUT2D eigenvalue weighted by molar-refractivity contribution is -0.119. The number of hydrogen-bond acceptors (Lipinski definition) is 5. The number of carbonyl (C=O) groups is 1. The van der Waals surface area contributed by atoms with E-state index >= 15 is 0 Å². The lowest BCUT2D eigenvalue weighted by atomic mass is 9.52. The number of likely N-dealkylation sites (tertiary alicyclic amines) is 1. The fourth-order valence-corrected chi connectivity index (χ4v) is 6.13. The molecule has 0 aromatic rings. The average Bonchev–Trinajstić information content (AvgIpc) is 3.02. The van der Waals surface area contributed by atoms with Gasteiger partial charge in [0.1, 0.15) is 23.8 Å². The Bertz CT molecular complexity index is 766. The molecule has 0 saturated carbocycles. The second kappa shape index (κ2) is 6.21. The Morgan fingerprint density at radius 2 is 2.26 bits per heavy atom. The van der Waals surface area contributed by atoms with Crippen LogP contribution in [0.3, 0.4) is 0 Å². The van der Waals surface area contributed by atoms with Crippen molar-refractivity contribution in [1.82, 2.24) is 4.90 Å². The molecule has 2 bridgehead atoms. The Kier molecular flexibility index (Phi) is 4.03. The number of piperidine rings is 1. The van der Waals surface area contributed by atoms with Gasteiger partial charge in [0, 0.05) is 42.2 Å². The van der Waals surface area contributed by atoms with Crippen LogP contribution in [0.15, 0.2) is 34.8 Å². The van der Waals surface area contributed by atoms with Crippen molar-refractivity contribution in [2.75, 3.05) is 20.2 Å². The molecule has 27 heavy (non-hydrogen) atoms. The summed E-state index contributed by atoms with van der Waals surface area (Å²) in [5.74, 6) is 2.40. The topological polar surface area (TPSA) is 59.0 Å². The molecule has 146 valence electrons. The molecule has 3 aliphatic carbocycles. The molecule has 1 N–H and O–H groups in total. The van der Waals surface area contributed by atoms with Crippen LogP contribution in [-0.2, 0) is 14.3 Å². The quantitative estimate of drug-likeness (QED) is 0.753. The Labute approximate surface area is 160 Å². The number of ether oxygens (including phenoxy) is 2. The van der Waals surface area contributed by atoms with Crippen molar-refractivity contribution < 1.29 is 19.4 Å². The van der Waals surface area contributed by atoms with E-state index in [4.69, 9.17) is 9.47 Å². The van der Waals surface area contributed by atoms with Gasteiger partial charge >= 0.3 is 0 Å². The average molecular weight is 371 g/mol. The first-order valence-corrected chi connectivity index (χ1v) is 10.4. The molecular formula is C22H29NO4. The van der Waals surface area contributed by atoms with Crippen molar-refractivity contribution in [3.05, 3.63) is 34.8 Å². The van der Waals surface area contributed by atoms with E-state index in [1.807, 2.05) is 13.0 Å². The van der Waals surface area contributed by atoms with Gasteiger partial charge in [-0.15, -0.1) is 0 Å². The summed E-state index contributed by atoms with van der Waals surface area (Å²) in [6.07, 6.45) is 8.34. The minimum absolute atomic E-state index is 0.109. The molecule has 1 spiro atoms. The lowest BCUT2D eigenvalue weighted by Gasteiger charge is -2.56. The van der Waals surface area contributed by atoms with Crippen LogP contribution < -0.4 is 0 Å². The second-order valence-corrected chi connectivity index (χ2v) is 8.70. The summed E-state index contributed by atoms with van der Waals surface area (Å²) in [5.41, 5.74) is 2.73. The zero-order valence-corrected chi connectivity index (χ0v) is 16.2. The highest BCUT2D eigenvalue weighted by Crippen LogP contribution is 2.65. The summed E-state index contributed by atoms with van der Waals surface area (Å²) >= 11 is 0. The van der Waals surface area contributed by atoms with Crippen LogP contribution in [0.5, 0.6) is 0 Å². The maximum atomic E-state index is 11.6. The number of allylic oxidation sites excluding steroid dienone is 2. The highest BCUT2D eigenvalue weighted by atomic mass is 16.5. The molecule has 0 amide bonds. The minimum Gasteiger partial charge on any atom is -0.494 e. The van der Waals surface area contributed by atoms with E-state index in [1.165, 1.54) is 11.1 Å². The van der Waals surface area contributed by atoms with Gasteiger partial charge < -0.3 is 19.5 Å². The fourth-order valence-electron chi connectivity index (χ4n) is 6.13. The van der Waals surface area contributed by atoms with Crippen molar-refractivity contribution >= 4 is 5.78 Å². The third-order valence-electron chi connectivity index (χ3n) is 7.49. The standard InChI is InChI=1S/C22H29NO4/c1-3-14(24)8-11-26-18-7-4-13-12-16-15-5-6-17(25)21-22(15,9-10-23(16)2)19(13)20(18)27-21/h5-6,15-17,21,25H,3-4,7-12H2,1-2H3/t15-,16+,17-,21-,22-/m0/s1. The van der Waals surface area contributed by atoms with Crippen LogP contribution in [0.25, 0.3) is 0 Å².